The van der Waals surface area contributed by atoms with Crippen molar-refractivity contribution in [3.63, 3.8) is 0 Å². The molecule has 0 saturated heterocycles. The van der Waals surface area contributed by atoms with Gasteiger partial charge in [0.05, 0.1) is 0 Å². The van der Waals surface area contributed by atoms with Gasteiger partial charge in [0, 0.05) is 13.1 Å². The Labute approximate surface area is 66.6 Å². The molecule has 0 rings (SSSR count). The van der Waals surface area contributed by atoms with Crippen LogP contribution in [0.4, 0.5) is 0 Å². The molecule has 11 heavy (non-hydrogen) atoms. The van der Waals surface area contributed by atoms with Gasteiger partial charge < -0.3 is 11.5 Å². The van der Waals surface area contributed by atoms with Crippen molar-refractivity contribution in [1.82, 2.24) is 4.90 Å². The first-order valence-corrected chi connectivity index (χ1v) is 3.54. The molecule has 5 N–H and O–H groups in total. The summed E-state index contributed by atoms with van der Waals surface area (Å²) >= 11 is 0. The van der Waals surface area contributed by atoms with Gasteiger partial charge in [-0.3, -0.25) is 15.3 Å². The van der Waals surface area contributed by atoms with E-state index in [2.05, 4.69) is 4.99 Å². The van der Waals surface area contributed by atoms with Gasteiger partial charge in [-0.2, -0.15) is 0 Å². The Morgan fingerprint density at radius 2 is 2.00 bits per heavy atom. The van der Waals surface area contributed by atoms with Crippen LogP contribution in [0.1, 0.15) is 13.8 Å². The van der Waals surface area contributed by atoms with E-state index < -0.39 is 0 Å². The zero-order valence-corrected chi connectivity index (χ0v) is 6.96. The topological polar surface area (TPSA) is 91.5 Å². The second-order valence-corrected chi connectivity index (χ2v) is 1.96. The molecule has 0 spiro atoms. The first kappa shape index (κ1) is 9.74. The van der Waals surface area contributed by atoms with Gasteiger partial charge >= 0.3 is 0 Å². The van der Waals surface area contributed by atoms with Gasteiger partial charge in [-0.05, 0) is 13.8 Å². The van der Waals surface area contributed by atoms with Crippen LogP contribution in [0.5, 0.6) is 0 Å². The lowest BCUT2D eigenvalue weighted by molar-refractivity contribution is 0.620. The van der Waals surface area contributed by atoms with Crippen LogP contribution >= 0.6 is 0 Å². The Morgan fingerprint density at radius 3 is 2.27 bits per heavy atom. The van der Waals surface area contributed by atoms with E-state index in [1.807, 2.05) is 13.8 Å². The maximum atomic E-state index is 7.10. The van der Waals surface area contributed by atoms with Crippen molar-refractivity contribution >= 4 is 11.9 Å². The van der Waals surface area contributed by atoms with E-state index in [1.54, 1.807) is 0 Å². The van der Waals surface area contributed by atoms with E-state index in [-0.39, 0.29) is 5.96 Å². The van der Waals surface area contributed by atoms with Crippen LogP contribution in [0.15, 0.2) is 4.99 Å². The van der Waals surface area contributed by atoms with Crippen molar-refractivity contribution in [2.75, 3.05) is 13.1 Å². The Kier molecular flexibility index (Phi) is 4.02. The second-order valence-electron chi connectivity index (χ2n) is 1.96. The lowest BCUT2D eigenvalue weighted by atomic mass is 10.6. The average Bonchev–Trinajstić information content (AvgIpc) is 1.88. The van der Waals surface area contributed by atoms with Crippen LogP contribution < -0.4 is 11.5 Å². The Morgan fingerprint density at radius 1 is 1.45 bits per heavy atom. The van der Waals surface area contributed by atoms with E-state index in [4.69, 9.17) is 16.9 Å². The van der Waals surface area contributed by atoms with E-state index in [0.717, 1.165) is 0 Å². The highest BCUT2D eigenvalue weighted by atomic mass is 15.3. The summed E-state index contributed by atoms with van der Waals surface area (Å²) in [5, 5.41) is 7.10. The number of nitrogens with one attached hydrogen (secondary N) is 1. The maximum Gasteiger partial charge on any atom is 0.198 e. The standard InChI is InChI=1S/C6H15N5/c1-3-10-6(9)11(4-2)5(7)8/h3-4H2,1-2H3,(H3,7,8)(H2,9,10). The van der Waals surface area contributed by atoms with Gasteiger partial charge in [0.1, 0.15) is 0 Å². The number of hydrogen-bond acceptors (Lipinski definition) is 2. The number of guanidine groups is 2. The van der Waals surface area contributed by atoms with E-state index in [0.29, 0.717) is 19.0 Å². The van der Waals surface area contributed by atoms with Crippen molar-refractivity contribution in [1.29, 1.82) is 5.41 Å². The molecule has 64 valence electrons. The van der Waals surface area contributed by atoms with Crippen molar-refractivity contribution in [3.05, 3.63) is 0 Å². The summed E-state index contributed by atoms with van der Waals surface area (Å²) in [7, 11) is 0. The molecule has 0 aliphatic rings. The fraction of sp³-hybridized carbons (Fsp3) is 0.667. The molecule has 5 heteroatoms. The van der Waals surface area contributed by atoms with Crippen molar-refractivity contribution in [2.45, 2.75) is 13.8 Å². The van der Waals surface area contributed by atoms with Gasteiger partial charge in [-0.1, -0.05) is 0 Å². The molecule has 0 unspecified atom stereocenters. The van der Waals surface area contributed by atoms with Crippen molar-refractivity contribution in [2.24, 2.45) is 16.5 Å². The number of rotatable bonds is 2. The summed E-state index contributed by atoms with van der Waals surface area (Å²) in [6.45, 7) is 4.92. The van der Waals surface area contributed by atoms with Crippen LogP contribution in [0.2, 0.25) is 0 Å². The number of nitrogens with two attached hydrogens (primary N) is 2. The van der Waals surface area contributed by atoms with Gasteiger partial charge in [-0.25, -0.2) is 0 Å². The summed E-state index contributed by atoms with van der Waals surface area (Å²) in [5.41, 5.74) is 10.7. The summed E-state index contributed by atoms with van der Waals surface area (Å²) in [4.78, 5) is 5.35. The first-order valence-electron chi connectivity index (χ1n) is 3.54. The third-order valence-electron chi connectivity index (χ3n) is 1.20. The van der Waals surface area contributed by atoms with Gasteiger partial charge in [0.15, 0.2) is 11.9 Å². The van der Waals surface area contributed by atoms with Crippen LogP contribution in [0.25, 0.3) is 0 Å². The monoisotopic (exact) mass is 157 g/mol. The molecular formula is C6H15N5. The lowest BCUT2D eigenvalue weighted by Gasteiger charge is -2.18. The third-order valence-corrected chi connectivity index (χ3v) is 1.20. The highest BCUT2D eigenvalue weighted by Gasteiger charge is 2.06. The second kappa shape index (κ2) is 4.54. The third kappa shape index (κ3) is 2.88. The Balaban J connectivity index is 4.25. The fourth-order valence-corrected chi connectivity index (χ4v) is 0.703. The molecule has 0 amide bonds. The SMILES string of the molecule is CCN=C(N)N(CC)C(=N)N. The average molecular weight is 157 g/mol. The molecule has 0 fully saturated rings. The van der Waals surface area contributed by atoms with Crippen molar-refractivity contribution < 1.29 is 0 Å². The van der Waals surface area contributed by atoms with Gasteiger partial charge in [-0.15, -0.1) is 0 Å². The van der Waals surface area contributed by atoms with Crippen LogP contribution in [-0.2, 0) is 0 Å². The smallest absolute Gasteiger partial charge is 0.198 e. The van der Waals surface area contributed by atoms with Crippen LogP contribution in [-0.4, -0.2) is 29.9 Å². The molecule has 0 aromatic carbocycles. The van der Waals surface area contributed by atoms with Crippen LogP contribution in [0, 0.1) is 5.41 Å². The van der Waals surface area contributed by atoms with E-state index in [9.17, 15) is 0 Å². The molecule has 5 nitrogen and oxygen atoms in total. The minimum Gasteiger partial charge on any atom is -0.370 e. The Bertz CT molecular complexity index is 162. The molecule has 0 aromatic heterocycles. The minimum atomic E-state index is -0.0674. The maximum absolute atomic E-state index is 7.10. The van der Waals surface area contributed by atoms with Gasteiger partial charge in [0.25, 0.3) is 0 Å². The predicted octanol–water partition coefficient (Wildman–Crippen LogP) is -0.464. The number of nitrogens with zero attached hydrogens (tertiary/aromatic N) is 2. The lowest BCUT2D eigenvalue weighted by Crippen LogP contribution is -2.45. The normalized spacial score (nSPS) is 11.3. The highest BCUT2D eigenvalue weighted by molar-refractivity contribution is 5.95. The first-order chi connectivity index (χ1) is 5.13. The summed E-state index contributed by atoms with van der Waals surface area (Å²) in [6.07, 6.45) is 0. The largest absolute Gasteiger partial charge is 0.370 e. The minimum absolute atomic E-state index is 0.0674. The zero-order valence-electron chi connectivity index (χ0n) is 6.96. The molecule has 0 aliphatic heterocycles. The molecule has 0 radical (unpaired) electrons. The quantitative estimate of drug-likeness (QED) is 0.374. The molecular weight excluding hydrogens is 142 g/mol. The van der Waals surface area contributed by atoms with Gasteiger partial charge in [0.2, 0.25) is 0 Å². The van der Waals surface area contributed by atoms with E-state index >= 15 is 0 Å². The number of hydrogen-bond donors (Lipinski definition) is 3. The Hall–Kier alpha value is -1.26. The predicted molar refractivity (Wildman–Crippen MR) is 46.5 cm³/mol. The molecule has 0 aromatic rings. The fourth-order valence-electron chi connectivity index (χ4n) is 0.703. The molecule has 0 heterocycles. The number of aliphatic imine (C=N–C) groups is 1. The molecule has 0 saturated carbocycles. The van der Waals surface area contributed by atoms with E-state index in [1.165, 1.54) is 4.90 Å². The summed E-state index contributed by atoms with van der Waals surface area (Å²) < 4.78 is 0. The highest BCUT2D eigenvalue weighted by Crippen LogP contribution is 1.85. The zero-order chi connectivity index (χ0) is 8.85. The molecule has 0 aliphatic carbocycles. The molecule has 0 bridgehead atoms. The summed E-state index contributed by atoms with van der Waals surface area (Å²) in [6, 6.07) is 0. The summed E-state index contributed by atoms with van der Waals surface area (Å²) in [5.74, 6) is 0.240. The molecule has 0 atom stereocenters. The van der Waals surface area contributed by atoms with Crippen LogP contribution in [0.3, 0.4) is 0 Å². The van der Waals surface area contributed by atoms with Crippen molar-refractivity contribution in [3.8, 4) is 0 Å².